The molecule has 2 aromatic rings. The van der Waals surface area contributed by atoms with Crippen LogP contribution in [0.5, 0.6) is 5.75 Å². The molecule has 23 heavy (non-hydrogen) atoms. The molecule has 6 heteroatoms. The van der Waals surface area contributed by atoms with E-state index in [1.54, 1.807) is 36.4 Å². The first-order valence-electron chi connectivity index (χ1n) is 7.39. The van der Waals surface area contributed by atoms with Crippen LogP contribution >= 0.6 is 0 Å². The van der Waals surface area contributed by atoms with Crippen LogP contribution in [0.15, 0.2) is 42.5 Å². The van der Waals surface area contributed by atoms with Crippen molar-refractivity contribution < 1.29 is 14.3 Å². The lowest BCUT2D eigenvalue weighted by Gasteiger charge is -2.10. The fourth-order valence-corrected chi connectivity index (χ4v) is 2.11. The van der Waals surface area contributed by atoms with Crippen LogP contribution in [0.3, 0.4) is 0 Å². The van der Waals surface area contributed by atoms with Crippen molar-refractivity contribution in [2.75, 3.05) is 12.4 Å². The molecule has 2 N–H and O–H groups in total. The summed E-state index contributed by atoms with van der Waals surface area (Å²) in [4.78, 5) is 28.5. The molecule has 0 radical (unpaired) electrons. The van der Waals surface area contributed by atoms with Gasteiger partial charge in [-0.05, 0) is 37.1 Å². The molecule has 0 atom stereocenters. The Morgan fingerprint density at radius 2 is 1.74 bits per heavy atom. The molecule has 0 saturated heterocycles. The SMILES string of the molecule is COc1ccccc1NC(=O)c1cccc(C(=O)NC2CC2)n1. The van der Waals surface area contributed by atoms with E-state index in [1.165, 1.54) is 7.11 Å². The Morgan fingerprint density at radius 1 is 1.04 bits per heavy atom. The predicted molar refractivity (Wildman–Crippen MR) is 85.7 cm³/mol. The molecule has 1 aromatic heterocycles. The molecule has 1 heterocycles. The zero-order chi connectivity index (χ0) is 16.2. The van der Waals surface area contributed by atoms with Crippen molar-refractivity contribution in [3.8, 4) is 5.75 Å². The number of rotatable bonds is 5. The van der Waals surface area contributed by atoms with Crippen LogP contribution in [0.2, 0.25) is 0 Å². The van der Waals surface area contributed by atoms with E-state index < -0.39 is 5.91 Å². The lowest BCUT2D eigenvalue weighted by Crippen LogP contribution is -2.27. The Bertz CT molecular complexity index is 741. The van der Waals surface area contributed by atoms with E-state index in [1.807, 2.05) is 6.07 Å². The number of para-hydroxylation sites is 2. The third-order valence-corrected chi connectivity index (χ3v) is 3.48. The van der Waals surface area contributed by atoms with Crippen molar-refractivity contribution in [3.63, 3.8) is 0 Å². The molecular formula is C17H17N3O3. The summed E-state index contributed by atoms with van der Waals surface area (Å²) in [6.07, 6.45) is 2.00. The molecule has 1 fully saturated rings. The van der Waals surface area contributed by atoms with Crippen molar-refractivity contribution in [1.29, 1.82) is 0 Å². The maximum atomic E-state index is 12.3. The molecule has 0 unspecified atom stereocenters. The monoisotopic (exact) mass is 311 g/mol. The second-order valence-electron chi connectivity index (χ2n) is 5.31. The summed E-state index contributed by atoms with van der Waals surface area (Å²) in [6, 6.07) is 12.2. The Hall–Kier alpha value is -2.89. The zero-order valence-electron chi connectivity index (χ0n) is 12.7. The Balaban J connectivity index is 1.75. The Labute approximate surface area is 133 Å². The third kappa shape index (κ3) is 3.66. The predicted octanol–water partition coefficient (Wildman–Crippen LogP) is 2.23. The van der Waals surface area contributed by atoms with Gasteiger partial charge in [0, 0.05) is 6.04 Å². The quantitative estimate of drug-likeness (QED) is 0.887. The summed E-state index contributed by atoms with van der Waals surface area (Å²) in [5.74, 6) is -0.0847. The highest BCUT2D eigenvalue weighted by atomic mass is 16.5. The van der Waals surface area contributed by atoms with Gasteiger partial charge in [-0.15, -0.1) is 0 Å². The third-order valence-electron chi connectivity index (χ3n) is 3.48. The number of pyridine rings is 1. The smallest absolute Gasteiger partial charge is 0.274 e. The number of hydrogen-bond acceptors (Lipinski definition) is 4. The van der Waals surface area contributed by atoms with Crippen molar-refractivity contribution in [3.05, 3.63) is 53.9 Å². The molecule has 1 aliphatic rings. The second kappa shape index (κ2) is 6.48. The van der Waals surface area contributed by atoms with Gasteiger partial charge in [0.25, 0.3) is 11.8 Å². The highest BCUT2D eigenvalue weighted by Crippen LogP contribution is 2.23. The molecule has 6 nitrogen and oxygen atoms in total. The first kappa shape index (κ1) is 15.0. The molecular weight excluding hydrogens is 294 g/mol. The lowest BCUT2D eigenvalue weighted by atomic mass is 10.2. The fourth-order valence-electron chi connectivity index (χ4n) is 2.11. The topological polar surface area (TPSA) is 80.3 Å². The number of nitrogens with zero attached hydrogens (tertiary/aromatic N) is 1. The van der Waals surface area contributed by atoms with Gasteiger partial charge in [0.1, 0.15) is 17.1 Å². The van der Waals surface area contributed by atoms with Crippen LogP contribution in [0.25, 0.3) is 0 Å². The van der Waals surface area contributed by atoms with Crippen molar-refractivity contribution in [2.24, 2.45) is 0 Å². The van der Waals surface area contributed by atoms with E-state index in [2.05, 4.69) is 15.6 Å². The van der Waals surface area contributed by atoms with E-state index in [0.717, 1.165) is 12.8 Å². The van der Waals surface area contributed by atoms with Gasteiger partial charge in [0.2, 0.25) is 0 Å². The summed E-state index contributed by atoms with van der Waals surface area (Å²) in [6.45, 7) is 0. The maximum absolute atomic E-state index is 12.3. The van der Waals surface area contributed by atoms with Gasteiger partial charge in [-0.1, -0.05) is 18.2 Å². The van der Waals surface area contributed by atoms with Gasteiger partial charge in [-0.25, -0.2) is 4.98 Å². The summed E-state index contributed by atoms with van der Waals surface area (Å²) < 4.78 is 5.20. The van der Waals surface area contributed by atoms with Crippen molar-refractivity contribution >= 4 is 17.5 Å². The van der Waals surface area contributed by atoms with Crippen LogP contribution in [-0.4, -0.2) is 29.9 Å². The standard InChI is InChI=1S/C17H17N3O3/c1-23-15-8-3-2-5-12(15)20-17(22)14-7-4-6-13(19-14)16(21)18-11-9-10-11/h2-8,11H,9-10H2,1H3,(H,18,21)(H,20,22). The van der Waals surface area contributed by atoms with Crippen LogP contribution in [0, 0.1) is 0 Å². The van der Waals surface area contributed by atoms with E-state index in [4.69, 9.17) is 4.74 Å². The van der Waals surface area contributed by atoms with E-state index in [-0.39, 0.29) is 23.3 Å². The minimum atomic E-state index is -0.393. The van der Waals surface area contributed by atoms with Crippen LogP contribution in [0.1, 0.15) is 33.8 Å². The minimum absolute atomic E-state index is 0.180. The van der Waals surface area contributed by atoms with Crippen LogP contribution < -0.4 is 15.4 Å². The van der Waals surface area contributed by atoms with Gasteiger partial charge in [-0.2, -0.15) is 0 Å². The first-order valence-corrected chi connectivity index (χ1v) is 7.39. The maximum Gasteiger partial charge on any atom is 0.274 e. The summed E-state index contributed by atoms with van der Waals surface area (Å²) in [5, 5.41) is 5.59. The average molecular weight is 311 g/mol. The van der Waals surface area contributed by atoms with Crippen LogP contribution in [-0.2, 0) is 0 Å². The average Bonchev–Trinajstić information content (AvgIpc) is 3.39. The molecule has 1 aliphatic carbocycles. The molecule has 0 spiro atoms. The van der Waals surface area contributed by atoms with Crippen LogP contribution in [0.4, 0.5) is 5.69 Å². The fraction of sp³-hybridized carbons (Fsp3) is 0.235. The number of aromatic nitrogens is 1. The number of ether oxygens (including phenoxy) is 1. The van der Waals surface area contributed by atoms with E-state index in [0.29, 0.717) is 11.4 Å². The zero-order valence-corrected chi connectivity index (χ0v) is 12.7. The van der Waals surface area contributed by atoms with Gasteiger partial charge in [0.05, 0.1) is 12.8 Å². The molecule has 3 rings (SSSR count). The highest BCUT2D eigenvalue weighted by molar-refractivity contribution is 6.04. The van der Waals surface area contributed by atoms with Gasteiger partial charge in [0.15, 0.2) is 0 Å². The summed E-state index contributed by atoms with van der Waals surface area (Å²) in [7, 11) is 1.53. The first-order chi connectivity index (χ1) is 11.2. The molecule has 1 aromatic carbocycles. The number of nitrogens with one attached hydrogen (secondary N) is 2. The van der Waals surface area contributed by atoms with Crippen molar-refractivity contribution in [2.45, 2.75) is 18.9 Å². The summed E-state index contributed by atoms with van der Waals surface area (Å²) >= 11 is 0. The van der Waals surface area contributed by atoms with Gasteiger partial charge in [-0.3, -0.25) is 9.59 Å². The summed E-state index contributed by atoms with van der Waals surface area (Å²) in [5.41, 5.74) is 0.971. The Morgan fingerprint density at radius 3 is 2.43 bits per heavy atom. The van der Waals surface area contributed by atoms with Gasteiger partial charge >= 0.3 is 0 Å². The van der Waals surface area contributed by atoms with E-state index >= 15 is 0 Å². The number of methoxy groups -OCH3 is 1. The number of anilines is 1. The van der Waals surface area contributed by atoms with Crippen molar-refractivity contribution in [1.82, 2.24) is 10.3 Å². The normalized spacial score (nSPS) is 13.3. The number of hydrogen-bond donors (Lipinski definition) is 2. The molecule has 118 valence electrons. The minimum Gasteiger partial charge on any atom is -0.495 e. The molecule has 1 saturated carbocycles. The highest BCUT2D eigenvalue weighted by Gasteiger charge is 2.24. The number of amides is 2. The number of benzene rings is 1. The largest absolute Gasteiger partial charge is 0.495 e. The lowest BCUT2D eigenvalue weighted by molar-refractivity contribution is 0.0946. The Kier molecular flexibility index (Phi) is 4.23. The molecule has 2 amide bonds. The second-order valence-corrected chi connectivity index (χ2v) is 5.31. The van der Waals surface area contributed by atoms with Gasteiger partial charge < -0.3 is 15.4 Å². The molecule has 0 aliphatic heterocycles. The number of carbonyl (C=O) groups is 2. The molecule has 0 bridgehead atoms. The number of carbonyl (C=O) groups excluding carboxylic acids is 2. The van der Waals surface area contributed by atoms with E-state index in [9.17, 15) is 9.59 Å².